The van der Waals surface area contributed by atoms with E-state index in [4.69, 9.17) is 11.6 Å². The van der Waals surface area contributed by atoms with Gasteiger partial charge in [0.25, 0.3) is 5.56 Å². The highest BCUT2D eigenvalue weighted by Crippen LogP contribution is 2.32. The Labute approximate surface area is 143 Å². The third kappa shape index (κ3) is 3.84. The Morgan fingerprint density at radius 1 is 1.39 bits per heavy atom. The summed E-state index contributed by atoms with van der Waals surface area (Å²) in [6.45, 7) is 0. The first kappa shape index (κ1) is 15.9. The molecule has 6 nitrogen and oxygen atoms in total. The predicted octanol–water partition coefficient (Wildman–Crippen LogP) is 3.07. The highest BCUT2D eigenvalue weighted by atomic mass is 35.5. The van der Waals surface area contributed by atoms with E-state index >= 15 is 0 Å². The largest absolute Gasteiger partial charge is 0.506 e. The number of rotatable bonds is 4. The van der Waals surface area contributed by atoms with Crippen LogP contribution in [-0.4, -0.2) is 26.7 Å². The van der Waals surface area contributed by atoms with Crippen LogP contribution < -0.4 is 10.9 Å². The molecule has 23 heavy (non-hydrogen) atoms. The van der Waals surface area contributed by atoms with E-state index in [1.807, 2.05) is 0 Å². The van der Waals surface area contributed by atoms with Gasteiger partial charge in [0.15, 0.2) is 9.99 Å². The lowest BCUT2D eigenvalue weighted by Gasteiger charge is -2.03. The van der Waals surface area contributed by atoms with Crippen LogP contribution in [0.25, 0.3) is 10.3 Å². The molecule has 2 aromatic heterocycles. The number of H-pyrrole nitrogens is 1. The lowest BCUT2D eigenvalue weighted by atomic mass is 10.3. The molecule has 9 heteroatoms. The second-order valence-electron chi connectivity index (χ2n) is 4.52. The number of thioether (sulfide) groups is 1. The normalized spacial score (nSPS) is 10.8. The summed E-state index contributed by atoms with van der Waals surface area (Å²) in [4.78, 5) is 29.9. The highest BCUT2D eigenvalue weighted by Gasteiger charge is 2.11. The smallest absolute Gasteiger partial charge is 0.253 e. The van der Waals surface area contributed by atoms with E-state index in [9.17, 15) is 14.7 Å². The van der Waals surface area contributed by atoms with Crippen LogP contribution in [0.2, 0.25) is 5.02 Å². The first-order valence-corrected chi connectivity index (χ1v) is 8.60. The van der Waals surface area contributed by atoms with E-state index in [1.54, 1.807) is 24.3 Å². The average molecular weight is 368 g/mol. The maximum atomic E-state index is 11.9. The number of anilines is 1. The zero-order chi connectivity index (χ0) is 16.4. The maximum Gasteiger partial charge on any atom is 0.253 e. The van der Waals surface area contributed by atoms with Crippen LogP contribution in [0.1, 0.15) is 0 Å². The lowest BCUT2D eigenvalue weighted by molar-refractivity contribution is -0.113. The number of nitrogens with zero attached hydrogens (tertiary/aromatic N) is 1. The van der Waals surface area contributed by atoms with Gasteiger partial charge in [-0.15, -0.1) is 11.3 Å². The fraction of sp³-hybridized carbons (Fsp3) is 0.0714. The van der Waals surface area contributed by atoms with E-state index < -0.39 is 5.56 Å². The van der Waals surface area contributed by atoms with Crippen LogP contribution in [0, 0.1) is 0 Å². The lowest BCUT2D eigenvalue weighted by Crippen LogP contribution is -2.13. The Morgan fingerprint density at radius 3 is 2.87 bits per heavy atom. The van der Waals surface area contributed by atoms with Gasteiger partial charge >= 0.3 is 0 Å². The van der Waals surface area contributed by atoms with Crippen LogP contribution in [0.5, 0.6) is 5.75 Å². The number of nitrogens with one attached hydrogen (secondary N) is 2. The minimum atomic E-state index is -0.419. The van der Waals surface area contributed by atoms with Gasteiger partial charge in [-0.1, -0.05) is 23.4 Å². The van der Waals surface area contributed by atoms with Crippen LogP contribution in [-0.2, 0) is 4.79 Å². The predicted molar refractivity (Wildman–Crippen MR) is 92.7 cm³/mol. The first-order valence-electron chi connectivity index (χ1n) is 6.42. The number of carbonyl (C=O) groups is 1. The number of fused-ring (bicyclic) bond motifs is 1. The topological polar surface area (TPSA) is 95.1 Å². The molecule has 0 aliphatic heterocycles. The van der Waals surface area contributed by atoms with Gasteiger partial charge in [-0.2, -0.15) is 0 Å². The van der Waals surface area contributed by atoms with Gasteiger partial charge in [-0.25, -0.2) is 4.98 Å². The summed E-state index contributed by atoms with van der Waals surface area (Å²) in [5.41, 5.74) is 0.559. The molecule has 3 rings (SSSR count). The maximum absolute atomic E-state index is 11.9. The van der Waals surface area contributed by atoms with E-state index in [-0.39, 0.29) is 17.4 Å². The van der Waals surface area contributed by atoms with Crippen molar-refractivity contribution in [2.24, 2.45) is 0 Å². The molecule has 2 heterocycles. The van der Waals surface area contributed by atoms with E-state index in [0.29, 0.717) is 25.4 Å². The summed E-state index contributed by atoms with van der Waals surface area (Å²) < 4.78 is 1.08. The van der Waals surface area contributed by atoms with Crippen molar-refractivity contribution < 1.29 is 9.90 Å². The van der Waals surface area contributed by atoms with Gasteiger partial charge in [-0.3, -0.25) is 9.59 Å². The standard InChI is InChI=1S/C14H10ClN3O3S2/c15-7-1-3-8(4-2-7)16-11(21)6-22-14-18-13-12(23-14)9(19)5-10(20)17-13/h1-5H,6H2,(H,16,21)(H2,17,19,20). The first-order chi connectivity index (χ1) is 11.0. The van der Waals surface area contributed by atoms with Crippen molar-refractivity contribution in [1.29, 1.82) is 0 Å². The Hall–Kier alpha value is -2.03. The molecule has 0 atom stereocenters. The number of benzene rings is 1. The molecule has 1 aromatic carbocycles. The SMILES string of the molecule is O=C(CSc1nc2[nH]c(=O)cc(O)c2s1)Nc1ccc(Cl)cc1. The molecule has 0 spiro atoms. The summed E-state index contributed by atoms with van der Waals surface area (Å²) in [6, 6.07) is 7.91. The van der Waals surface area contributed by atoms with Crippen LogP contribution in [0.15, 0.2) is 39.5 Å². The van der Waals surface area contributed by atoms with E-state index in [1.165, 1.54) is 23.1 Å². The summed E-state index contributed by atoms with van der Waals surface area (Å²) in [5.74, 6) is -0.138. The van der Waals surface area contributed by atoms with Crippen molar-refractivity contribution in [2.45, 2.75) is 4.34 Å². The molecular formula is C14H10ClN3O3S2. The second-order valence-corrected chi connectivity index (χ2v) is 7.18. The quantitative estimate of drug-likeness (QED) is 0.616. The Morgan fingerprint density at radius 2 is 2.13 bits per heavy atom. The van der Waals surface area contributed by atoms with Crippen molar-refractivity contribution >= 4 is 56.6 Å². The number of aromatic hydroxyl groups is 1. The van der Waals surface area contributed by atoms with Gasteiger partial charge in [0.05, 0.1) is 5.75 Å². The van der Waals surface area contributed by atoms with Crippen molar-refractivity contribution in [1.82, 2.24) is 9.97 Å². The Bertz CT molecular complexity index is 921. The third-order valence-electron chi connectivity index (χ3n) is 2.80. The molecule has 0 saturated heterocycles. The van der Waals surface area contributed by atoms with Crippen LogP contribution in [0.3, 0.4) is 0 Å². The monoisotopic (exact) mass is 367 g/mol. The molecule has 0 aliphatic carbocycles. The fourth-order valence-electron chi connectivity index (χ4n) is 1.82. The van der Waals surface area contributed by atoms with Crippen molar-refractivity contribution in [3.63, 3.8) is 0 Å². The number of halogens is 1. The minimum absolute atomic E-state index is 0.112. The Kier molecular flexibility index (Phi) is 4.56. The second kappa shape index (κ2) is 6.61. The molecule has 3 aromatic rings. The summed E-state index contributed by atoms with van der Waals surface area (Å²) in [5, 5.41) is 13.1. The average Bonchev–Trinajstić information content (AvgIpc) is 2.91. The minimum Gasteiger partial charge on any atom is -0.506 e. The van der Waals surface area contributed by atoms with Gasteiger partial charge in [0.1, 0.15) is 10.4 Å². The number of hydrogen-bond donors (Lipinski definition) is 3. The molecule has 0 aliphatic rings. The van der Waals surface area contributed by atoms with Gasteiger partial charge in [-0.05, 0) is 24.3 Å². The number of pyridine rings is 1. The van der Waals surface area contributed by atoms with Crippen molar-refractivity contribution in [3.8, 4) is 5.75 Å². The highest BCUT2D eigenvalue weighted by molar-refractivity contribution is 8.01. The zero-order valence-corrected chi connectivity index (χ0v) is 13.9. The van der Waals surface area contributed by atoms with E-state index in [0.717, 1.165) is 6.07 Å². The van der Waals surface area contributed by atoms with Gasteiger partial charge in [0.2, 0.25) is 5.91 Å². The number of amides is 1. The number of hydrogen-bond acceptors (Lipinski definition) is 6. The van der Waals surface area contributed by atoms with E-state index in [2.05, 4.69) is 15.3 Å². The molecule has 0 radical (unpaired) electrons. The number of thiazole rings is 1. The molecule has 3 N–H and O–H groups in total. The summed E-state index contributed by atoms with van der Waals surface area (Å²) in [7, 11) is 0. The molecule has 118 valence electrons. The fourth-order valence-corrected chi connectivity index (χ4v) is 3.76. The molecular weight excluding hydrogens is 358 g/mol. The molecule has 0 unspecified atom stereocenters. The molecule has 0 bridgehead atoms. The molecule has 1 amide bonds. The van der Waals surface area contributed by atoms with Crippen LogP contribution in [0.4, 0.5) is 5.69 Å². The summed E-state index contributed by atoms with van der Waals surface area (Å²) in [6.07, 6.45) is 0. The van der Waals surface area contributed by atoms with Crippen LogP contribution >= 0.6 is 34.7 Å². The zero-order valence-electron chi connectivity index (χ0n) is 11.5. The summed E-state index contributed by atoms with van der Waals surface area (Å²) >= 11 is 8.23. The molecule has 0 saturated carbocycles. The van der Waals surface area contributed by atoms with Gasteiger partial charge in [0, 0.05) is 16.8 Å². The number of carbonyl (C=O) groups excluding carboxylic acids is 1. The third-order valence-corrected chi connectivity index (χ3v) is 5.28. The van der Waals surface area contributed by atoms with Crippen molar-refractivity contribution in [2.75, 3.05) is 11.1 Å². The molecule has 0 fully saturated rings. The van der Waals surface area contributed by atoms with Gasteiger partial charge < -0.3 is 15.4 Å². The number of aromatic amines is 1. The number of aromatic nitrogens is 2. The Balaban J connectivity index is 1.66. The van der Waals surface area contributed by atoms with Crippen molar-refractivity contribution in [3.05, 3.63) is 45.7 Å².